The van der Waals surface area contributed by atoms with Crippen molar-refractivity contribution in [1.82, 2.24) is 5.32 Å². The van der Waals surface area contributed by atoms with Gasteiger partial charge in [0.05, 0.1) is 18.3 Å². The van der Waals surface area contributed by atoms with Crippen molar-refractivity contribution >= 4 is 11.6 Å². The number of carbonyl (C=O) groups is 1. The number of nitrogens with one attached hydrogen (secondary N) is 1. The topological polar surface area (TPSA) is 65.4 Å². The molecule has 21 heavy (non-hydrogen) atoms. The quantitative estimate of drug-likeness (QED) is 0.842. The Bertz CT molecular complexity index is 535. The standard InChI is InChI=1S/C16H21N3O2/c1-3-12(4-2)18-16(20)15-11-19(10-9-17)13-7-5-6-8-14(13)21-15/h5-8,12,15H,3-4,10-11H2,1-2H3,(H,18,20). The Kier molecular flexibility index (Phi) is 5.04. The maximum absolute atomic E-state index is 12.3. The second kappa shape index (κ2) is 6.98. The van der Waals surface area contributed by atoms with Crippen molar-refractivity contribution in [1.29, 1.82) is 5.26 Å². The predicted octanol–water partition coefficient (Wildman–Crippen LogP) is 2.08. The lowest BCUT2D eigenvalue weighted by molar-refractivity contribution is -0.128. The highest BCUT2D eigenvalue weighted by atomic mass is 16.5. The van der Waals surface area contributed by atoms with Crippen LogP contribution < -0.4 is 15.0 Å². The first kappa shape index (κ1) is 15.2. The minimum Gasteiger partial charge on any atom is -0.477 e. The zero-order chi connectivity index (χ0) is 15.2. The molecule has 0 aliphatic carbocycles. The third-order valence-corrected chi connectivity index (χ3v) is 3.75. The average molecular weight is 287 g/mol. The summed E-state index contributed by atoms with van der Waals surface area (Å²) in [5, 5.41) is 12.0. The lowest BCUT2D eigenvalue weighted by atomic mass is 10.1. The normalized spacial score (nSPS) is 16.9. The highest BCUT2D eigenvalue weighted by Crippen LogP contribution is 2.32. The van der Waals surface area contributed by atoms with Crippen molar-refractivity contribution in [3.05, 3.63) is 24.3 Å². The summed E-state index contributed by atoms with van der Waals surface area (Å²) in [4.78, 5) is 14.2. The van der Waals surface area contributed by atoms with Crippen LogP contribution in [0.3, 0.4) is 0 Å². The summed E-state index contributed by atoms with van der Waals surface area (Å²) < 4.78 is 5.80. The van der Waals surface area contributed by atoms with Crippen molar-refractivity contribution in [3.8, 4) is 11.8 Å². The van der Waals surface area contributed by atoms with E-state index >= 15 is 0 Å². The molecule has 0 saturated carbocycles. The van der Waals surface area contributed by atoms with E-state index in [0.29, 0.717) is 12.3 Å². The van der Waals surface area contributed by atoms with Crippen LogP contribution in [0.2, 0.25) is 0 Å². The molecular weight excluding hydrogens is 266 g/mol. The van der Waals surface area contributed by atoms with Gasteiger partial charge in [-0.15, -0.1) is 0 Å². The van der Waals surface area contributed by atoms with Crippen molar-refractivity contribution in [2.45, 2.75) is 38.8 Å². The van der Waals surface area contributed by atoms with Crippen LogP contribution in [0.5, 0.6) is 5.75 Å². The third kappa shape index (κ3) is 3.46. The van der Waals surface area contributed by atoms with Gasteiger partial charge in [-0.2, -0.15) is 5.26 Å². The van der Waals surface area contributed by atoms with E-state index in [0.717, 1.165) is 18.5 Å². The molecule has 0 spiro atoms. The highest BCUT2D eigenvalue weighted by Gasteiger charge is 2.31. The number of nitriles is 1. The molecule has 1 aliphatic rings. The number of rotatable bonds is 5. The van der Waals surface area contributed by atoms with Crippen LogP contribution >= 0.6 is 0 Å². The molecule has 1 N–H and O–H groups in total. The third-order valence-electron chi connectivity index (χ3n) is 3.75. The largest absolute Gasteiger partial charge is 0.477 e. The molecule has 1 aliphatic heterocycles. The molecule has 0 aromatic heterocycles. The summed E-state index contributed by atoms with van der Waals surface area (Å²) in [6, 6.07) is 9.81. The van der Waals surface area contributed by atoms with Gasteiger partial charge >= 0.3 is 0 Å². The number of anilines is 1. The van der Waals surface area contributed by atoms with E-state index in [1.54, 1.807) is 0 Å². The Morgan fingerprint density at radius 3 is 2.86 bits per heavy atom. The van der Waals surface area contributed by atoms with E-state index in [4.69, 9.17) is 10.00 Å². The summed E-state index contributed by atoms with van der Waals surface area (Å²) in [5.74, 6) is 0.546. The van der Waals surface area contributed by atoms with Crippen molar-refractivity contribution in [2.24, 2.45) is 0 Å². The van der Waals surface area contributed by atoms with Crippen molar-refractivity contribution < 1.29 is 9.53 Å². The Morgan fingerprint density at radius 1 is 1.48 bits per heavy atom. The summed E-state index contributed by atoms with van der Waals surface area (Å²) in [5.41, 5.74) is 0.866. The van der Waals surface area contributed by atoms with Crippen LogP contribution in [0, 0.1) is 11.3 Å². The molecule has 1 atom stereocenters. The molecule has 1 amide bonds. The van der Waals surface area contributed by atoms with Crippen LogP contribution in [0.15, 0.2) is 24.3 Å². The number of carbonyl (C=O) groups excluding carboxylic acids is 1. The maximum Gasteiger partial charge on any atom is 0.263 e. The van der Waals surface area contributed by atoms with Crippen LogP contribution in [0.4, 0.5) is 5.69 Å². The number of fused-ring (bicyclic) bond motifs is 1. The van der Waals surface area contributed by atoms with Gasteiger partial charge in [-0.3, -0.25) is 4.79 Å². The minimum atomic E-state index is -0.575. The number of para-hydroxylation sites is 2. The molecule has 1 aromatic rings. The monoisotopic (exact) mass is 287 g/mol. The number of amides is 1. The molecule has 0 saturated heterocycles. The number of ether oxygens (including phenoxy) is 1. The summed E-state index contributed by atoms with van der Waals surface area (Å²) >= 11 is 0. The first-order valence-corrected chi connectivity index (χ1v) is 7.37. The van der Waals surface area contributed by atoms with Gasteiger partial charge in [0, 0.05) is 6.04 Å². The highest BCUT2D eigenvalue weighted by molar-refractivity contribution is 5.83. The van der Waals surface area contributed by atoms with E-state index in [1.807, 2.05) is 43.0 Å². The summed E-state index contributed by atoms with van der Waals surface area (Å²) in [6.45, 7) is 4.74. The minimum absolute atomic E-state index is 0.110. The molecule has 5 nitrogen and oxygen atoms in total. The fourth-order valence-corrected chi connectivity index (χ4v) is 2.47. The van der Waals surface area contributed by atoms with E-state index in [1.165, 1.54) is 0 Å². The van der Waals surface area contributed by atoms with Crippen molar-refractivity contribution in [3.63, 3.8) is 0 Å². The Morgan fingerprint density at radius 2 is 2.19 bits per heavy atom. The predicted molar refractivity (Wildman–Crippen MR) is 81.2 cm³/mol. The van der Waals surface area contributed by atoms with E-state index in [-0.39, 0.29) is 18.5 Å². The Hall–Kier alpha value is -2.22. The molecule has 2 rings (SSSR count). The number of hydrogen-bond acceptors (Lipinski definition) is 4. The lowest BCUT2D eigenvalue weighted by Gasteiger charge is -2.34. The Labute approximate surface area is 125 Å². The first-order chi connectivity index (χ1) is 10.2. The second-order valence-corrected chi connectivity index (χ2v) is 5.13. The SMILES string of the molecule is CCC(CC)NC(=O)C1CN(CC#N)c2ccccc2O1. The number of nitrogens with zero attached hydrogens (tertiary/aromatic N) is 2. The average Bonchev–Trinajstić information content (AvgIpc) is 2.52. The molecule has 0 radical (unpaired) electrons. The van der Waals surface area contributed by atoms with Gasteiger partial charge in [-0.25, -0.2) is 0 Å². The summed E-state index contributed by atoms with van der Waals surface area (Å²) in [7, 11) is 0. The van der Waals surface area contributed by atoms with Gasteiger partial charge in [-0.1, -0.05) is 26.0 Å². The fraction of sp³-hybridized carbons (Fsp3) is 0.500. The van der Waals surface area contributed by atoms with Gasteiger partial charge in [-0.05, 0) is 25.0 Å². The number of benzene rings is 1. The zero-order valence-corrected chi connectivity index (χ0v) is 12.5. The van der Waals surface area contributed by atoms with E-state index in [9.17, 15) is 4.79 Å². The molecule has 0 bridgehead atoms. The smallest absolute Gasteiger partial charge is 0.263 e. The van der Waals surface area contributed by atoms with Crippen LogP contribution in [0.1, 0.15) is 26.7 Å². The van der Waals surface area contributed by atoms with Crippen molar-refractivity contribution in [2.75, 3.05) is 18.0 Å². The lowest BCUT2D eigenvalue weighted by Crippen LogP contribution is -2.51. The molecule has 1 heterocycles. The van der Waals surface area contributed by atoms with Gasteiger partial charge in [0.15, 0.2) is 6.10 Å². The van der Waals surface area contributed by atoms with Crippen LogP contribution in [0.25, 0.3) is 0 Å². The van der Waals surface area contributed by atoms with Crippen LogP contribution in [-0.4, -0.2) is 31.1 Å². The molecule has 5 heteroatoms. The van der Waals surface area contributed by atoms with Crippen LogP contribution in [-0.2, 0) is 4.79 Å². The molecule has 1 unspecified atom stereocenters. The molecule has 1 aromatic carbocycles. The fourth-order valence-electron chi connectivity index (χ4n) is 2.47. The summed E-state index contributed by atoms with van der Waals surface area (Å²) in [6.07, 6.45) is 1.22. The Balaban J connectivity index is 2.14. The van der Waals surface area contributed by atoms with Gasteiger partial charge in [0.2, 0.25) is 0 Å². The van der Waals surface area contributed by atoms with Gasteiger partial charge in [0.1, 0.15) is 12.3 Å². The zero-order valence-electron chi connectivity index (χ0n) is 12.5. The van der Waals surface area contributed by atoms with Gasteiger partial charge in [0.25, 0.3) is 5.91 Å². The second-order valence-electron chi connectivity index (χ2n) is 5.13. The van der Waals surface area contributed by atoms with E-state index < -0.39 is 6.10 Å². The molecular formula is C16H21N3O2. The molecule has 112 valence electrons. The number of hydrogen-bond donors (Lipinski definition) is 1. The first-order valence-electron chi connectivity index (χ1n) is 7.37. The van der Waals surface area contributed by atoms with E-state index in [2.05, 4.69) is 11.4 Å². The maximum atomic E-state index is 12.3. The molecule has 0 fully saturated rings. The van der Waals surface area contributed by atoms with Gasteiger partial charge < -0.3 is 15.0 Å².